The highest BCUT2D eigenvalue weighted by atomic mass is 32.2. The lowest BCUT2D eigenvalue weighted by Gasteiger charge is -2.26. The number of ketones is 2. The van der Waals surface area contributed by atoms with Crippen LogP contribution in [-0.4, -0.2) is 338 Å². The maximum absolute atomic E-state index is 13.5. The van der Waals surface area contributed by atoms with Crippen LogP contribution in [0, 0.1) is 0 Å². The lowest BCUT2D eigenvalue weighted by molar-refractivity contribution is -0.155. The normalized spacial score (nSPS) is 16.6. The summed E-state index contributed by atoms with van der Waals surface area (Å²) >= 11 is 0. The van der Waals surface area contributed by atoms with Gasteiger partial charge in [-0.05, 0) is 114 Å². The maximum Gasteiger partial charge on any atom is 0.306 e. The molecule has 0 saturated carbocycles. The molecule has 2 aliphatic heterocycles. The van der Waals surface area contributed by atoms with Crippen LogP contribution >= 0.6 is 0 Å². The zero-order chi connectivity index (χ0) is 82.0. The molecule has 0 radical (unpaired) electrons. The van der Waals surface area contributed by atoms with Crippen LogP contribution in [0.1, 0.15) is 97.8 Å². The zero-order valence-corrected chi connectivity index (χ0v) is 68.5. The molecule has 0 bridgehead atoms. The van der Waals surface area contributed by atoms with Crippen molar-refractivity contribution < 1.29 is 139 Å². The number of carbonyl (C=O) groups excluding carboxylic acids is 5. The number of unbranched alkanes of at least 4 members (excludes halogenated alkanes) is 2. The van der Waals surface area contributed by atoms with E-state index in [1.807, 2.05) is 20.8 Å². The van der Waals surface area contributed by atoms with Crippen LogP contribution in [0.4, 0.5) is 0 Å². The van der Waals surface area contributed by atoms with Gasteiger partial charge in [0, 0.05) is 83.5 Å². The second kappa shape index (κ2) is 56.2. The van der Waals surface area contributed by atoms with Gasteiger partial charge in [-0.3, -0.25) is 34.4 Å². The second-order valence-corrected chi connectivity index (χ2v) is 34.0. The maximum atomic E-state index is 13.5. The van der Waals surface area contributed by atoms with Crippen LogP contribution in [0.3, 0.4) is 0 Å². The monoisotopic (exact) mass is 1670 g/mol. The number of rotatable bonds is 64. The molecular weight excluding hydrogens is 1550 g/mol. The molecule has 0 aromatic heterocycles. The number of hydrogen-bond acceptors (Lipinski definition) is 31. The summed E-state index contributed by atoms with van der Waals surface area (Å²) in [4.78, 5) is 61.2. The van der Waals surface area contributed by atoms with Crippen molar-refractivity contribution in [2.45, 2.75) is 137 Å². The van der Waals surface area contributed by atoms with Crippen molar-refractivity contribution in [3.63, 3.8) is 0 Å². The number of hydroxylamine groups is 2. The van der Waals surface area contributed by atoms with Gasteiger partial charge in [-0.15, -0.1) is 0 Å². The molecule has 2 saturated heterocycles. The Bertz CT molecular complexity index is 3400. The number of benzene rings is 2. The molecule has 111 heavy (non-hydrogen) atoms. The van der Waals surface area contributed by atoms with E-state index in [1.165, 1.54) is 73.7 Å². The molecule has 640 valence electrons. The molecule has 0 aliphatic carbocycles. The molecule has 2 heterocycles. The minimum atomic E-state index is -4.25. The standard InChI is InChI=1S/C38H65N3O16S2.C32H56N4O14S2/c1-38(2,3)57-36(43)10-8-17-51-19-21-53-23-25-55-27-28-56-26-24-54-22-20-52-18-15-32(42)9-6-7-16-40(58(5,46)47)31-29-35(37(44)39-45)41(30-31)59(48,49)34-13-11-33(50-4)12-14-34;1-44-29-6-8-30(9-7-29)52(42,43)36-26-27(25-31(36)32(38)34-39)35(51(2,40)41)12-4-3-5-28(37)10-13-45-15-17-47-19-21-49-23-24-50-22-20-48-18-16-46-14-11-33/h11-14,31,35,45H,6-10,15-30H2,1-5H3,(H,39,44);6-9,27,31,39H,3-5,10-26,33H2,1-2H3,(H,34,38)/t31-,35+;27-,31+/m00/s1. The molecule has 4 rings (SSSR count). The van der Waals surface area contributed by atoms with E-state index in [0.29, 0.717) is 202 Å². The fraction of sp³-hybridized carbons (Fsp3) is 0.757. The number of nitrogens with zero attached hydrogens (tertiary/aromatic N) is 4. The minimum absolute atomic E-state index is 0.0130. The number of nitrogens with one attached hydrogen (secondary N) is 2. The lowest BCUT2D eigenvalue weighted by Crippen LogP contribution is -2.45. The Morgan fingerprint density at radius 3 is 0.982 bits per heavy atom. The number of Topliss-reactive ketones (excluding diaryl/α,β-unsaturated/α-hetero) is 2. The summed E-state index contributed by atoms with van der Waals surface area (Å²) in [5.74, 6) is -1.41. The third kappa shape index (κ3) is 41.8. The van der Waals surface area contributed by atoms with E-state index in [-0.39, 0.29) is 105 Å². The fourth-order valence-corrected chi connectivity index (χ4v) is 16.7. The van der Waals surface area contributed by atoms with Crippen LogP contribution in [0.5, 0.6) is 11.5 Å². The van der Waals surface area contributed by atoms with Gasteiger partial charge in [0.25, 0.3) is 11.8 Å². The van der Waals surface area contributed by atoms with Crippen LogP contribution in [-0.2, 0) is 126 Å². The van der Waals surface area contributed by atoms with Crippen molar-refractivity contribution in [1.82, 2.24) is 28.2 Å². The highest BCUT2D eigenvalue weighted by Gasteiger charge is 2.49. The van der Waals surface area contributed by atoms with Gasteiger partial charge < -0.3 is 76.8 Å². The van der Waals surface area contributed by atoms with Gasteiger partial charge in [0.1, 0.15) is 40.8 Å². The average molecular weight is 1670 g/mol. The van der Waals surface area contributed by atoms with Crippen molar-refractivity contribution in [2.24, 2.45) is 5.73 Å². The molecule has 2 aromatic rings. The van der Waals surface area contributed by atoms with Crippen molar-refractivity contribution in [3.05, 3.63) is 48.5 Å². The Labute approximate surface area is 654 Å². The van der Waals surface area contributed by atoms with Gasteiger partial charge in [-0.25, -0.2) is 44.6 Å². The van der Waals surface area contributed by atoms with Crippen molar-refractivity contribution in [2.75, 3.05) is 218 Å². The van der Waals surface area contributed by atoms with Gasteiger partial charge in [0.2, 0.25) is 40.1 Å². The Hall–Kier alpha value is -5.17. The summed E-state index contributed by atoms with van der Waals surface area (Å²) in [6.45, 7) is 15.1. The van der Waals surface area contributed by atoms with Crippen LogP contribution in [0.15, 0.2) is 58.3 Å². The van der Waals surface area contributed by atoms with Gasteiger partial charge in [-0.1, -0.05) is 0 Å². The summed E-state index contributed by atoms with van der Waals surface area (Å²) in [6, 6.07) is 6.65. The molecular formula is C70H121N7O30S4. The molecule has 2 aromatic carbocycles. The van der Waals surface area contributed by atoms with E-state index in [2.05, 4.69) is 0 Å². The third-order valence-corrected chi connectivity index (χ3v) is 23.0. The molecule has 0 unspecified atom stereocenters. The quantitative estimate of drug-likeness (QED) is 0.0272. The summed E-state index contributed by atoms with van der Waals surface area (Å²) in [5.41, 5.74) is 7.83. The number of methoxy groups -OCH3 is 2. The van der Waals surface area contributed by atoms with E-state index in [1.54, 1.807) is 0 Å². The molecule has 2 amide bonds. The van der Waals surface area contributed by atoms with Crippen LogP contribution < -0.4 is 26.2 Å². The summed E-state index contributed by atoms with van der Waals surface area (Å²) in [7, 11) is -13.3. The smallest absolute Gasteiger partial charge is 0.306 e. The fourth-order valence-electron chi connectivity index (χ4n) is 11.1. The Balaban J connectivity index is 0.000000580. The zero-order valence-electron chi connectivity index (χ0n) is 65.2. The number of carbonyl (C=O) groups is 5. The first-order valence-corrected chi connectivity index (χ1v) is 43.5. The van der Waals surface area contributed by atoms with Crippen molar-refractivity contribution >= 4 is 69.4 Å². The van der Waals surface area contributed by atoms with E-state index < -0.39 is 81.7 Å². The molecule has 37 nitrogen and oxygen atoms in total. The second-order valence-electron chi connectivity index (χ2n) is 26.3. The van der Waals surface area contributed by atoms with Gasteiger partial charge >= 0.3 is 5.97 Å². The summed E-state index contributed by atoms with van der Waals surface area (Å²) in [6.07, 6.45) is 4.86. The summed E-state index contributed by atoms with van der Waals surface area (Å²) in [5, 5.41) is 18.6. The highest BCUT2D eigenvalue weighted by molar-refractivity contribution is 7.89. The Morgan fingerprint density at radius 1 is 0.423 bits per heavy atom. The number of hydrogen-bond donors (Lipinski definition) is 5. The van der Waals surface area contributed by atoms with E-state index in [4.69, 9.17) is 76.8 Å². The minimum Gasteiger partial charge on any atom is -0.497 e. The molecule has 2 fully saturated rings. The predicted molar refractivity (Wildman–Crippen MR) is 402 cm³/mol. The lowest BCUT2D eigenvalue weighted by atomic mass is 10.1. The van der Waals surface area contributed by atoms with E-state index in [9.17, 15) is 68.1 Å². The molecule has 4 atom stereocenters. The SMILES string of the molecule is COc1ccc(S(=O)(=O)N2C[C@@H](N(CCCCC(=O)CCOCCOCCOCCOCCOCCOCCCC(=O)OC(C)(C)C)S(C)(=O)=O)C[C@@H]2C(=O)NO)cc1.COc1ccc(S(=O)(=O)N2C[C@@H](N(CCCCC(=O)CCOCCOCCOCCOCCOCCOCCN)S(C)(=O)=O)C[C@@H]2C(=O)NO)cc1. The largest absolute Gasteiger partial charge is 0.497 e. The number of ether oxygens (including phenoxy) is 15. The number of nitrogens with two attached hydrogens (primary N) is 1. The number of esters is 1. The van der Waals surface area contributed by atoms with Crippen molar-refractivity contribution in [1.29, 1.82) is 0 Å². The molecule has 2 aliphatic rings. The Kier molecular flexibility index (Phi) is 50.6. The van der Waals surface area contributed by atoms with Gasteiger partial charge in [0.15, 0.2) is 0 Å². The van der Waals surface area contributed by atoms with Crippen LogP contribution in [0.25, 0.3) is 0 Å². The molecule has 0 spiro atoms. The molecule has 6 N–H and O–H groups in total. The topological polar surface area (TPSA) is 464 Å². The predicted octanol–water partition coefficient (Wildman–Crippen LogP) is 1.73. The molecule has 41 heteroatoms. The highest BCUT2D eigenvalue weighted by Crippen LogP contribution is 2.33. The van der Waals surface area contributed by atoms with Crippen LogP contribution in [0.2, 0.25) is 0 Å². The average Bonchev–Trinajstić information content (AvgIpc) is 1.64. The first-order valence-electron chi connectivity index (χ1n) is 37.0. The van der Waals surface area contributed by atoms with E-state index >= 15 is 0 Å². The van der Waals surface area contributed by atoms with E-state index in [0.717, 1.165) is 29.7 Å². The van der Waals surface area contributed by atoms with Crippen molar-refractivity contribution in [3.8, 4) is 11.5 Å². The summed E-state index contributed by atoms with van der Waals surface area (Å²) < 4.78 is 190. The van der Waals surface area contributed by atoms with Gasteiger partial charge in [0.05, 0.1) is 188 Å². The first kappa shape index (κ1) is 100. The number of amides is 2. The van der Waals surface area contributed by atoms with Gasteiger partial charge in [-0.2, -0.15) is 17.2 Å². The first-order chi connectivity index (χ1) is 52.9. The third-order valence-electron chi connectivity index (χ3n) is 16.6. The Morgan fingerprint density at radius 2 is 0.712 bits per heavy atom. The number of sulfonamides is 4.